The number of anilines is 2. The zero-order valence-electron chi connectivity index (χ0n) is 23.3. The van der Waals surface area contributed by atoms with Gasteiger partial charge in [-0.3, -0.25) is 9.67 Å². The predicted octanol–water partition coefficient (Wildman–Crippen LogP) is 6.41. The maximum absolute atomic E-state index is 9.86. The smallest absolute Gasteiger partial charge is 0.110 e. The first-order valence-electron chi connectivity index (χ1n) is 13.4. The van der Waals surface area contributed by atoms with Crippen LogP contribution < -0.4 is 10.6 Å². The fraction of sp³-hybridized carbons (Fsp3) is 0.367. The minimum atomic E-state index is -0.324. The summed E-state index contributed by atoms with van der Waals surface area (Å²) in [5.41, 5.74) is 5.52. The van der Waals surface area contributed by atoms with Gasteiger partial charge < -0.3 is 10.6 Å². The fourth-order valence-electron chi connectivity index (χ4n) is 4.98. The lowest BCUT2D eigenvalue weighted by Gasteiger charge is -2.22. The maximum atomic E-state index is 9.86. The van der Waals surface area contributed by atoms with Crippen molar-refractivity contribution in [3.8, 4) is 6.07 Å². The molecule has 0 bridgehead atoms. The van der Waals surface area contributed by atoms with Gasteiger partial charge in [-0.25, -0.2) is 4.68 Å². The number of nitrogens with zero attached hydrogens (tertiary/aromatic N) is 7. The number of nitriles is 1. The van der Waals surface area contributed by atoms with Crippen molar-refractivity contribution in [1.29, 1.82) is 5.26 Å². The molecule has 0 spiro atoms. The standard InChI is InChI=1S/C30H32ClN9/c1-29(2,3)17-34-26-18(13-32)14-33-27-21(26)11-19(12-23(27)31)36-28(24-16-40(38-37-24)30(4)9-10-30)20-7-6-8-25-22(20)15-35-39(25)5/h6-8,11-12,14-16,28,36H,9-10,17H2,1-5H3,(H,33,34). The molecule has 3 aromatic heterocycles. The Balaban J connectivity index is 1.48. The van der Waals surface area contributed by atoms with Crippen LogP contribution in [0.1, 0.15) is 63.4 Å². The summed E-state index contributed by atoms with van der Waals surface area (Å²) in [4.78, 5) is 4.52. The van der Waals surface area contributed by atoms with Crippen LogP contribution in [0.3, 0.4) is 0 Å². The number of fused-ring (bicyclic) bond motifs is 2. The van der Waals surface area contributed by atoms with Crippen LogP contribution in [0.25, 0.3) is 21.8 Å². The number of rotatable bonds is 7. The Morgan fingerprint density at radius 3 is 2.70 bits per heavy atom. The normalized spacial score (nSPS) is 15.2. The van der Waals surface area contributed by atoms with Crippen molar-refractivity contribution in [1.82, 2.24) is 29.8 Å². The molecular weight excluding hydrogens is 522 g/mol. The van der Waals surface area contributed by atoms with E-state index in [0.29, 0.717) is 22.6 Å². The van der Waals surface area contributed by atoms with Crippen molar-refractivity contribution >= 4 is 44.8 Å². The van der Waals surface area contributed by atoms with Gasteiger partial charge >= 0.3 is 0 Å². The first kappa shape index (κ1) is 26.1. The quantitative estimate of drug-likeness (QED) is 0.240. The van der Waals surface area contributed by atoms with Crippen molar-refractivity contribution in [2.24, 2.45) is 12.5 Å². The minimum Gasteiger partial charge on any atom is -0.383 e. The Morgan fingerprint density at radius 2 is 1.98 bits per heavy atom. The molecule has 0 saturated heterocycles. The molecule has 1 aliphatic carbocycles. The second kappa shape index (κ2) is 9.49. The summed E-state index contributed by atoms with van der Waals surface area (Å²) in [6.45, 7) is 9.32. The van der Waals surface area contributed by atoms with E-state index in [4.69, 9.17) is 11.6 Å². The number of aryl methyl sites for hydroxylation is 1. The molecule has 1 atom stereocenters. The molecular formula is C30H32ClN9. The van der Waals surface area contributed by atoms with Gasteiger partial charge in [0.05, 0.1) is 51.3 Å². The molecule has 3 heterocycles. The Morgan fingerprint density at radius 1 is 1.18 bits per heavy atom. The highest BCUT2D eigenvalue weighted by Crippen LogP contribution is 2.43. The largest absolute Gasteiger partial charge is 0.383 e. The molecule has 204 valence electrons. The summed E-state index contributed by atoms with van der Waals surface area (Å²) in [6, 6.07) is 12.0. The van der Waals surface area contributed by atoms with Gasteiger partial charge in [-0.1, -0.05) is 49.7 Å². The average molecular weight is 554 g/mol. The van der Waals surface area contributed by atoms with Crippen LogP contribution in [0.4, 0.5) is 11.4 Å². The van der Waals surface area contributed by atoms with Crippen LogP contribution >= 0.6 is 11.6 Å². The van der Waals surface area contributed by atoms with E-state index in [2.05, 4.69) is 76.9 Å². The summed E-state index contributed by atoms with van der Waals surface area (Å²) < 4.78 is 3.85. The Bertz CT molecular complexity index is 1780. The summed E-state index contributed by atoms with van der Waals surface area (Å²) in [6.07, 6.45) is 7.68. The van der Waals surface area contributed by atoms with Gasteiger partial charge in [0.25, 0.3) is 0 Å². The van der Waals surface area contributed by atoms with Gasteiger partial charge in [0.2, 0.25) is 0 Å². The van der Waals surface area contributed by atoms with Crippen molar-refractivity contribution in [2.75, 3.05) is 17.2 Å². The second-order valence-electron chi connectivity index (χ2n) is 12.1. The number of halogens is 1. The summed E-state index contributed by atoms with van der Waals surface area (Å²) >= 11 is 6.81. The van der Waals surface area contributed by atoms with E-state index in [1.54, 1.807) is 6.20 Å². The van der Waals surface area contributed by atoms with Crippen molar-refractivity contribution in [2.45, 2.75) is 52.1 Å². The number of nitrogens with one attached hydrogen (secondary N) is 2. The maximum Gasteiger partial charge on any atom is 0.110 e. The van der Waals surface area contributed by atoms with Crippen LogP contribution in [0.15, 0.2) is 48.9 Å². The molecule has 0 aliphatic heterocycles. The van der Waals surface area contributed by atoms with Crippen molar-refractivity contribution < 1.29 is 0 Å². The number of hydrogen-bond acceptors (Lipinski definition) is 7. The Kier molecular flexibility index (Phi) is 6.19. The number of benzene rings is 2. The highest BCUT2D eigenvalue weighted by Gasteiger charge is 2.41. The highest BCUT2D eigenvalue weighted by atomic mass is 35.5. The van der Waals surface area contributed by atoms with E-state index in [1.807, 2.05) is 47.0 Å². The number of pyridine rings is 1. The van der Waals surface area contributed by atoms with Crippen molar-refractivity contribution in [3.05, 3.63) is 70.8 Å². The van der Waals surface area contributed by atoms with Gasteiger partial charge in [-0.2, -0.15) is 10.4 Å². The van der Waals surface area contributed by atoms with Gasteiger partial charge in [0.15, 0.2) is 0 Å². The molecule has 0 amide bonds. The second-order valence-corrected chi connectivity index (χ2v) is 12.5. The Labute approximate surface area is 238 Å². The van der Waals surface area contributed by atoms with Crippen LogP contribution in [0.5, 0.6) is 0 Å². The highest BCUT2D eigenvalue weighted by molar-refractivity contribution is 6.35. The van der Waals surface area contributed by atoms with Gasteiger partial charge in [-0.15, -0.1) is 5.10 Å². The lowest BCUT2D eigenvalue weighted by atomic mass is 9.96. The molecule has 6 rings (SSSR count). The molecule has 2 N–H and O–H groups in total. The van der Waals surface area contributed by atoms with E-state index in [1.165, 1.54) is 0 Å². The van der Waals surface area contributed by atoms with Crippen LogP contribution in [0.2, 0.25) is 5.02 Å². The third-order valence-corrected chi connectivity index (χ3v) is 7.91. The molecule has 1 unspecified atom stereocenters. The molecule has 10 heteroatoms. The molecule has 1 fully saturated rings. The summed E-state index contributed by atoms with van der Waals surface area (Å²) in [5, 5.41) is 33.0. The van der Waals surface area contributed by atoms with E-state index in [0.717, 1.165) is 51.8 Å². The van der Waals surface area contributed by atoms with E-state index in [-0.39, 0.29) is 17.0 Å². The van der Waals surface area contributed by atoms with Crippen molar-refractivity contribution in [3.63, 3.8) is 0 Å². The lowest BCUT2D eigenvalue weighted by Crippen LogP contribution is -2.20. The molecule has 5 aromatic rings. The van der Waals surface area contributed by atoms with Crippen LogP contribution in [-0.4, -0.2) is 36.3 Å². The van der Waals surface area contributed by atoms with E-state index in [9.17, 15) is 5.26 Å². The van der Waals surface area contributed by atoms with Crippen LogP contribution in [0, 0.1) is 16.7 Å². The third kappa shape index (κ3) is 4.73. The molecule has 0 radical (unpaired) electrons. The zero-order chi connectivity index (χ0) is 28.2. The monoisotopic (exact) mass is 553 g/mol. The summed E-state index contributed by atoms with van der Waals surface area (Å²) in [5.74, 6) is 0. The van der Waals surface area contributed by atoms with Gasteiger partial charge in [0, 0.05) is 36.2 Å². The van der Waals surface area contributed by atoms with Gasteiger partial charge in [-0.05, 0) is 48.9 Å². The molecule has 1 aliphatic rings. The first-order chi connectivity index (χ1) is 19.1. The minimum absolute atomic E-state index is 0.0134. The first-order valence-corrected chi connectivity index (χ1v) is 13.8. The number of aromatic nitrogens is 6. The number of hydrogen-bond donors (Lipinski definition) is 2. The summed E-state index contributed by atoms with van der Waals surface area (Å²) in [7, 11) is 1.94. The molecule has 1 saturated carbocycles. The topological polar surface area (TPSA) is 109 Å². The van der Waals surface area contributed by atoms with E-state index >= 15 is 0 Å². The SMILES string of the molecule is Cn1ncc2c(C(Nc3cc(Cl)c4ncc(C#N)c(NCC(C)(C)C)c4c3)c3cn(C4(C)CC4)nn3)cccc21. The van der Waals surface area contributed by atoms with Crippen LogP contribution in [-0.2, 0) is 12.6 Å². The van der Waals surface area contributed by atoms with E-state index < -0.39 is 0 Å². The lowest BCUT2D eigenvalue weighted by molar-refractivity contribution is 0.443. The zero-order valence-corrected chi connectivity index (χ0v) is 24.1. The molecule has 40 heavy (non-hydrogen) atoms. The Hall–Kier alpha value is -4.16. The third-order valence-electron chi connectivity index (χ3n) is 7.62. The molecule has 9 nitrogen and oxygen atoms in total. The average Bonchev–Trinajstić information content (AvgIpc) is 3.30. The fourth-order valence-corrected chi connectivity index (χ4v) is 5.25. The van der Waals surface area contributed by atoms with Gasteiger partial charge in [0.1, 0.15) is 11.8 Å². The molecule has 2 aromatic carbocycles. The predicted molar refractivity (Wildman–Crippen MR) is 158 cm³/mol.